The Bertz CT molecular complexity index is 1360. The van der Waals surface area contributed by atoms with Crippen LogP contribution in [-0.2, 0) is 7.05 Å². The Morgan fingerprint density at radius 1 is 1.24 bits per heavy atom. The molecule has 2 aromatic heterocycles. The summed E-state index contributed by atoms with van der Waals surface area (Å²) in [5.74, 6) is 1.08. The molecular weight excluding hydrogens is 436 g/mol. The Morgan fingerprint density at radius 2 is 2.03 bits per heavy atom. The van der Waals surface area contributed by atoms with Gasteiger partial charge in [0.15, 0.2) is 10.7 Å². The molecule has 0 fully saturated rings. The summed E-state index contributed by atoms with van der Waals surface area (Å²) in [6.45, 7) is 4.45. The van der Waals surface area contributed by atoms with Gasteiger partial charge in [-0.1, -0.05) is 36.9 Å². The van der Waals surface area contributed by atoms with Crippen LogP contribution < -0.4 is 15.6 Å². The molecule has 0 saturated heterocycles. The van der Waals surface area contributed by atoms with Crippen molar-refractivity contribution in [2.24, 2.45) is 12.0 Å². The van der Waals surface area contributed by atoms with Crippen molar-refractivity contribution in [3.05, 3.63) is 64.6 Å². The van der Waals surface area contributed by atoms with Crippen LogP contribution >= 0.6 is 11.8 Å². The minimum atomic E-state index is -0.242. The summed E-state index contributed by atoms with van der Waals surface area (Å²) >= 11 is 1.51. The van der Waals surface area contributed by atoms with Crippen molar-refractivity contribution in [1.29, 1.82) is 0 Å². The number of nitrogens with one attached hydrogen (secondary N) is 2. The smallest absolute Gasteiger partial charge is 0.277 e. The molecule has 4 aromatic rings. The van der Waals surface area contributed by atoms with E-state index in [2.05, 4.69) is 20.4 Å². The number of hydrogen-bond donors (Lipinski definition) is 2. The van der Waals surface area contributed by atoms with E-state index in [0.29, 0.717) is 40.5 Å². The van der Waals surface area contributed by atoms with Crippen molar-refractivity contribution >= 4 is 39.3 Å². The fraction of sp³-hybridized carbons (Fsp3) is 0.250. The fourth-order valence-electron chi connectivity index (χ4n) is 3.47. The molecule has 0 unspecified atom stereocenters. The van der Waals surface area contributed by atoms with Gasteiger partial charge in [0.1, 0.15) is 17.1 Å². The lowest BCUT2D eigenvalue weighted by Gasteiger charge is -2.14. The molecule has 0 amide bonds. The third-order valence-electron chi connectivity index (χ3n) is 4.99. The predicted octanol–water partition coefficient (Wildman–Crippen LogP) is 4.88. The Morgan fingerprint density at radius 3 is 2.76 bits per heavy atom. The summed E-state index contributed by atoms with van der Waals surface area (Å²) in [6, 6.07) is 15.5. The molecule has 0 atom stereocenters. The number of aliphatic imine (C=N–C) groups is 1. The highest BCUT2D eigenvalue weighted by Gasteiger charge is 2.16. The highest BCUT2D eigenvalue weighted by molar-refractivity contribution is 8.13. The molecule has 0 aliphatic rings. The maximum absolute atomic E-state index is 12.8. The van der Waals surface area contributed by atoms with Gasteiger partial charge in [0.25, 0.3) is 5.56 Å². The number of aromatic amines is 1. The van der Waals surface area contributed by atoms with E-state index < -0.39 is 0 Å². The zero-order valence-electron chi connectivity index (χ0n) is 19.0. The van der Waals surface area contributed by atoms with Crippen molar-refractivity contribution < 1.29 is 4.74 Å². The number of fused-ring (bicyclic) bond motifs is 1. The Labute approximate surface area is 196 Å². The largest absolute Gasteiger partial charge is 0.493 e. The Hall–Kier alpha value is -3.59. The van der Waals surface area contributed by atoms with Crippen molar-refractivity contribution in [3.8, 4) is 17.1 Å². The van der Waals surface area contributed by atoms with Crippen LogP contribution in [-0.4, -0.2) is 37.8 Å². The summed E-state index contributed by atoms with van der Waals surface area (Å²) in [4.78, 5) is 25.1. The van der Waals surface area contributed by atoms with E-state index in [1.807, 2.05) is 68.6 Å². The van der Waals surface area contributed by atoms with Crippen molar-refractivity contribution in [2.75, 3.05) is 18.2 Å². The summed E-state index contributed by atoms with van der Waals surface area (Å²) < 4.78 is 7.52. The first kappa shape index (κ1) is 22.6. The van der Waals surface area contributed by atoms with Crippen LogP contribution in [0.2, 0.25) is 0 Å². The molecule has 170 valence electrons. The summed E-state index contributed by atoms with van der Waals surface area (Å²) in [5, 5.41) is 8.44. The van der Waals surface area contributed by atoms with Gasteiger partial charge < -0.3 is 15.0 Å². The van der Waals surface area contributed by atoms with Crippen LogP contribution in [0.25, 0.3) is 22.4 Å². The molecule has 0 saturated carbocycles. The maximum atomic E-state index is 12.8. The van der Waals surface area contributed by atoms with E-state index >= 15 is 0 Å². The summed E-state index contributed by atoms with van der Waals surface area (Å²) in [6.07, 6.45) is 2.83. The van der Waals surface area contributed by atoms with Crippen LogP contribution in [0.4, 0.5) is 11.4 Å². The second-order valence-corrected chi connectivity index (χ2v) is 8.26. The topological polar surface area (TPSA) is 97.2 Å². The first-order valence-electron chi connectivity index (χ1n) is 10.7. The standard InChI is InChI=1S/C24H26N6O2S/c1-5-13-32-19-12-11-17(26-24(33-4)25-16-9-7-6-8-10-16)14-18(19)22-27-20-15(2)29-30(3)21(20)23(31)28-22/h6-12,14H,5,13H2,1-4H3,(H,25,26)(H,27,28,31). The highest BCUT2D eigenvalue weighted by atomic mass is 32.2. The lowest BCUT2D eigenvalue weighted by atomic mass is 10.1. The molecule has 0 radical (unpaired) electrons. The van der Waals surface area contributed by atoms with Gasteiger partial charge in [-0.15, -0.1) is 0 Å². The first-order chi connectivity index (χ1) is 16.0. The number of aromatic nitrogens is 4. The number of rotatable bonds is 6. The molecule has 4 rings (SSSR count). The Balaban J connectivity index is 1.77. The van der Waals surface area contributed by atoms with E-state index in [4.69, 9.17) is 9.72 Å². The third-order valence-corrected chi connectivity index (χ3v) is 5.57. The van der Waals surface area contributed by atoms with Crippen LogP contribution in [0.5, 0.6) is 5.75 Å². The second kappa shape index (κ2) is 9.91. The van der Waals surface area contributed by atoms with Gasteiger partial charge in [-0.2, -0.15) is 5.10 Å². The van der Waals surface area contributed by atoms with Gasteiger partial charge in [-0.3, -0.25) is 9.48 Å². The third kappa shape index (κ3) is 4.93. The summed E-state index contributed by atoms with van der Waals surface area (Å²) in [5.41, 5.74) is 3.84. The van der Waals surface area contributed by atoms with Crippen LogP contribution in [0.15, 0.2) is 58.3 Å². The number of ether oxygens (including phenoxy) is 1. The van der Waals surface area contributed by atoms with Crippen molar-refractivity contribution in [3.63, 3.8) is 0 Å². The second-order valence-electron chi connectivity index (χ2n) is 7.46. The minimum absolute atomic E-state index is 0.242. The fourth-order valence-corrected chi connectivity index (χ4v) is 3.88. The van der Waals surface area contributed by atoms with E-state index in [1.54, 1.807) is 11.7 Å². The number of aryl methyl sites for hydroxylation is 2. The van der Waals surface area contributed by atoms with Gasteiger partial charge in [-0.05, 0) is 49.9 Å². The lowest BCUT2D eigenvalue weighted by molar-refractivity contribution is 0.318. The first-order valence-corrected chi connectivity index (χ1v) is 11.9. The van der Waals surface area contributed by atoms with Gasteiger partial charge >= 0.3 is 0 Å². The molecular formula is C24H26N6O2S. The zero-order valence-corrected chi connectivity index (χ0v) is 19.9. The molecule has 8 nitrogen and oxygen atoms in total. The normalized spacial score (nSPS) is 11.7. The molecule has 9 heteroatoms. The number of hydrogen-bond acceptors (Lipinski definition) is 6. The number of benzene rings is 2. The quantitative estimate of drug-likeness (QED) is 0.313. The number of H-pyrrole nitrogens is 1. The summed E-state index contributed by atoms with van der Waals surface area (Å²) in [7, 11) is 1.74. The lowest BCUT2D eigenvalue weighted by Crippen LogP contribution is -2.13. The van der Waals surface area contributed by atoms with E-state index in [-0.39, 0.29) is 5.56 Å². The van der Waals surface area contributed by atoms with Crippen molar-refractivity contribution in [1.82, 2.24) is 19.7 Å². The number of para-hydroxylation sites is 1. The average molecular weight is 463 g/mol. The monoisotopic (exact) mass is 462 g/mol. The van der Waals surface area contributed by atoms with E-state index in [0.717, 1.165) is 23.0 Å². The van der Waals surface area contributed by atoms with Crippen molar-refractivity contribution in [2.45, 2.75) is 20.3 Å². The molecule has 0 aliphatic carbocycles. The molecule has 2 heterocycles. The number of amidine groups is 1. The van der Waals surface area contributed by atoms with Crippen LogP contribution in [0, 0.1) is 6.92 Å². The molecule has 2 N–H and O–H groups in total. The highest BCUT2D eigenvalue weighted by Crippen LogP contribution is 2.32. The number of nitrogens with zero attached hydrogens (tertiary/aromatic N) is 4. The zero-order chi connectivity index (χ0) is 23.4. The average Bonchev–Trinajstić information content (AvgIpc) is 3.11. The SMILES string of the molecule is CCCOc1ccc(NC(=Nc2ccccc2)SC)cc1-c1nc2c(C)nn(C)c2c(=O)[nH]1. The maximum Gasteiger partial charge on any atom is 0.277 e. The molecule has 33 heavy (non-hydrogen) atoms. The molecule has 0 spiro atoms. The van der Waals surface area contributed by atoms with Crippen LogP contribution in [0.1, 0.15) is 19.0 Å². The van der Waals surface area contributed by atoms with Crippen LogP contribution in [0.3, 0.4) is 0 Å². The molecule has 0 aliphatic heterocycles. The number of thioether (sulfide) groups is 1. The van der Waals surface area contributed by atoms with Gasteiger partial charge in [0.2, 0.25) is 0 Å². The minimum Gasteiger partial charge on any atom is -0.493 e. The molecule has 0 bridgehead atoms. The molecule has 2 aromatic carbocycles. The van der Waals surface area contributed by atoms with Gasteiger partial charge in [0.05, 0.1) is 23.6 Å². The predicted molar refractivity (Wildman–Crippen MR) is 136 cm³/mol. The van der Waals surface area contributed by atoms with Gasteiger partial charge in [0, 0.05) is 12.7 Å². The van der Waals surface area contributed by atoms with E-state index in [1.165, 1.54) is 11.8 Å². The van der Waals surface area contributed by atoms with Gasteiger partial charge in [-0.25, -0.2) is 9.98 Å². The van der Waals surface area contributed by atoms with E-state index in [9.17, 15) is 4.79 Å². The number of anilines is 1. The Kier molecular flexibility index (Phi) is 6.79.